The summed E-state index contributed by atoms with van der Waals surface area (Å²) in [5.41, 5.74) is 36.0. The van der Waals surface area contributed by atoms with Crippen molar-refractivity contribution in [1.29, 1.82) is 0 Å². The number of aromatic nitrogens is 9. The smallest absolute Gasteiger partial charge is 0.136 e. The Kier molecular flexibility index (Phi) is 21.1. The number of thiophene rings is 1. The number of hydrogen-bond donors (Lipinski definition) is 0. The Morgan fingerprint density at radius 1 is 0.152 bits per heavy atom. The number of nitrogens with zero attached hydrogens (tertiary/aromatic N) is 9. The second kappa shape index (κ2) is 36.1. The summed E-state index contributed by atoms with van der Waals surface area (Å²) < 4.78 is 27.4. The second-order valence-corrected chi connectivity index (χ2v) is 36.9. The van der Waals surface area contributed by atoms with Gasteiger partial charge in [0.25, 0.3) is 0 Å². The van der Waals surface area contributed by atoms with Crippen LogP contribution in [0.1, 0.15) is 0 Å². The van der Waals surface area contributed by atoms with Crippen LogP contribution in [0.5, 0.6) is 0 Å². The van der Waals surface area contributed by atoms with E-state index in [1.54, 1.807) is 12.4 Å². The summed E-state index contributed by atoms with van der Waals surface area (Å²) in [5, 5.41) is 13.6. The fourth-order valence-corrected chi connectivity index (χ4v) is 21.8. The highest BCUT2D eigenvalue weighted by Gasteiger charge is 2.27. The molecule has 0 aliphatic heterocycles. The molecule has 10 heterocycles. The van der Waals surface area contributed by atoms with E-state index in [0.717, 1.165) is 238 Å². The molecule has 0 fully saturated rings. The monoisotopic (exact) mass is 1870 g/mol. The van der Waals surface area contributed by atoms with Gasteiger partial charge in [-0.1, -0.05) is 370 Å². The molecule has 13 nitrogen and oxygen atoms in total. The van der Waals surface area contributed by atoms with Crippen LogP contribution in [0.15, 0.2) is 497 Å². The quantitative estimate of drug-likeness (QED) is 0.120. The Hall–Kier alpha value is -19.4. The molecule has 678 valence electrons. The van der Waals surface area contributed by atoms with Gasteiger partial charge in [0, 0.05) is 114 Å². The van der Waals surface area contributed by atoms with Gasteiger partial charge < -0.3 is 17.7 Å². The van der Waals surface area contributed by atoms with E-state index >= 15 is 0 Å². The molecule has 0 bridgehead atoms. The maximum Gasteiger partial charge on any atom is 0.136 e. The van der Waals surface area contributed by atoms with Crippen LogP contribution in [-0.2, 0) is 0 Å². The Morgan fingerprint density at radius 3 is 0.834 bits per heavy atom. The Bertz CT molecular complexity index is 10200. The van der Waals surface area contributed by atoms with Crippen LogP contribution >= 0.6 is 11.3 Å². The van der Waals surface area contributed by atoms with Crippen LogP contribution in [0.2, 0.25) is 0 Å². The number of pyridine rings is 1. The lowest BCUT2D eigenvalue weighted by Gasteiger charge is -2.15. The van der Waals surface area contributed by atoms with Crippen molar-refractivity contribution in [1.82, 2.24) is 44.9 Å². The van der Waals surface area contributed by atoms with Gasteiger partial charge in [-0.15, -0.1) is 11.3 Å². The molecule has 30 rings (SSSR count). The van der Waals surface area contributed by atoms with Gasteiger partial charge in [0.1, 0.15) is 50.2 Å². The van der Waals surface area contributed by atoms with E-state index in [2.05, 4.69) is 248 Å². The molecular formula is C131H79N9O4S. The number of para-hydroxylation sites is 10. The number of fused-ring (bicyclic) bond motifs is 20. The van der Waals surface area contributed by atoms with Crippen molar-refractivity contribution in [2.45, 2.75) is 0 Å². The maximum absolute atomic E-state index is 6.23. The third kappa shape index (κ3) is 15.3. The summed E-state index contributed by atoms with van der Waals surface area (Å²) in [6, 6.07) is 160. The summed E-state index contributed by atoms with van der Waals surface area (Å²) >= 11 is 1.86. The maximum atomic E-state index is 6.23. The van der Waals surface area contributed by atoms with Crippen molar-refractivity contribution in [2.75, 3.05) is 0 Å². The lowest BCUT2D eigenvalue weighted by molar-refractivity contribution is 0.668. The second-order valence-electron chi connectivity index (χ2n) is 35.9. The van der Waals surface area contributed by atoms with E-state index < -0.39 is 0 Å². The third-order valence-electron chi connectivity index (χ3n) is 27.3. The van der Waals surface area contributed by atoms with E-state index in [1.807, 2.05) is 236 Å². The summed E-state index contributed by atoms with van der Waals surface area (Å²) in [7, 11) is 0. The highest BCUT2D eigenvalue weighted by molar-refractivity contribution is 7.26. The van der Waals surface area contributed by atoms with E-state index in [-0.39, 0.29) is 0 Å². The highest BCUT2D eigenvalue weighted by atomic mass is 32.1. The lowest BCUT2D eigenvalue weighted by atomic mass is 9.92. The van der Waals surface area contributed by atoms with Crippen molar-refractivity contribution < 1.29 is 17.7 Å². The molecule has 30 aromatic rings. The minimum absolute atomic E-state index is 0.783. The fourth-order valence-electron chi connectivity index (χ4n) is 20.6. The minimum Gasteiger partial charge on any atom is -0.456 e. The van der Waals surface area contributed by atoms with Crippen LogP contribution in [0.25, 0.3) is 286 Å². The molecule has 0 amide bonds. The van der Waals surface area contributed by atoms with Crippen molar-refractivity contribution >= 4 is 174 Å². The van der Waals surface area contributed by atoms with Crippen molar-refractivity contribution in [3.8, 4) is 123 Å². The Morgan fingerprint density at radius 2 is 0.414 bits per heavy atom. The average molecular weight is 1880 g/mol. The van der Waals surface area contributed by atoms with Crippen LogP contribution in [0, 0.1) is 0 Å². The van der Waals surface area contributed by atoms with Gasteiger partial charge in [-0.3, -0.25) is 4.98 Å². The number of benzene rings is 20. The largest absolute Gasteiger partial charge is 0.456 e. The normalized spacial score (nSPS) is 11.6. The summed E-state index contributed by atoms with van der Waals surface area (Å²) in [6.45, 7) is 0. The molecule has 20 aromatic carbocycles. The highest BCUT2D eigenvalue weighted by Crippen LogP contribution is 2.49. The van der Waals surface area contributed by atoms with E-state index in [9.17, 15) is 0 Å². The first-order valence-electron chi connectivity index (χ1n) is 48.2. The SMILES string of the molecule is c1ccc(-c2ccc(-c3nc4ccccc4nc3-c3cccc4oc5ccccc5c34)c3ccccc23)cc1.c1ccc(-c2nc3ccccc3nc2-c2ccc(-c3cccc4c3sc3ccccc34)cc2)cc1.c1ccc(-c2nc3cnccc3nc2-c2ccc(-c3cccc4oc5ccccc5c34)cc2)cc1.c1ccc2nc(-c3cccc4oc5ccccc5c34)c(-c3cccc4oc5ccccc5c34)nc2c1. The van der Waals surface area contributed by atoms with Gasteiger partial charge in [-0.25, -0.2) is 39.9 Å². The predicted octanol–water partition coefficient (Wildman–Crippen LogP) is 35.4. The first-order chi connectivity index (χ1) is 71.9. The minimum atomic E-state index is 0.783. The molecule has 0 N–H and O–H groups in total. The van der Waals surface area contributed by atoms with Crippen molar-refractivity contribution in [3.05, 3.63) is 480 Å². The van der Waals surface area contributed by atoms with Gasteiger partial charge in [0.05, 0.1) is 90.4 Å². The Labute approximate surface area is 833 Å². The van der Waals surface area contributed by atoms with E-state index in [1.165, 1.54) is 47.8 Å². The molecule has 0 saturated heterocycles. The number of furan rings is 4. The number of hydrogen-bond acceptors (Lipinski definition) is 14. The summed E-state index contributed by atoms with van der Waals surface area (Å²) in [6.07, 6.45) is 3.51. The zero-order valence-electron chi connectivity index (χ0n) is 77.7. The molecule has 10 aromatic heterocycles. The molecule has 0 aliphatic carbocycles. The van der Waals surface area contributed by atoms with Gasteiger partial charge >= 0.3 is 0 Å². The summed E-state index contributed by atoms with van der Waals surface area (Å²) in [4.78, 5) is 45.1. The topological polar surface area (TPSA) is 169 Å². The van der Waals surface area contributed by atoms with Crippen LogP contribution in [0.3, 0.4) is 0 Å². The molecule has 14 heteroatoms. The van der Waals surface area contributed by atoms with Gasteiger partial charge in [-0.2, -0.15) is 0 Å². The van der Waals surface area contributed by atoms with Crippen molar-refractivity contribution in [2.24, 2.45) is 0 Å². The molecule has 0 unspecified atom stereocenters. The average Bonchev–Trinajstić information content (AvgIpc) is 1.66. The first-order valence-corrected chi connectivity index (χ1v) is 49.1. The van der Waals surface area contributed by atoms with Crippen LogP contribution in [0.4, 0.5) is 0 Å². The van der Waals surface area contributed by atoms with Crippen LogP contribution in [-0.4, -0.2) is 44.9 Å². The Balaban J connectivity index is 0.0000000961. The van der Waals surface area contributed by atoms with Gasteiger partial charge in [-0.05, 0) is 141 Å². The molecule has 145 heavy (non-hydrogen) atoms. The summed E-state index contributed by atoms with van der Waals surface area (Å²) in [5.74, 6) is 0. The zero-order chi connectivity index (χ0) is 95.8. The lowest BCUT2D eigenvalue weighted by Crippen LogP contribution is -1.97. The number of rotatable bonds is 11. The van der Waals surface area contributed by atoms with Gasteiger partial charge in [0.15, 0.2) is 0 Å². The van der Waals surface area contributed by atoms with Crippen LogP contribution < -0.4 is 0 Å². The molecule has 0 radical (unpaired) electrons. The third-order valence-corrected chi connectivity index (χ3v) is 28.5. The molecule has 0 aliphatic rings. The molecular weight excluding hydrogens is 1800 g/mol. The first kappa shape index (κ1) is 84.8. The fraction of sp³-hybridized carbons (Fsp3) is 0. The van der Waals surface area contributed by atoms with E-state index in [4.69, 9.17) is 57.5 Å². The standard InChI is InChI=1S/C36H22N2O.C32H18N2O2.C32H20N2S.C31H19N3O/c1-2-11-23(12-3-1)24-21-22-27(26-14-5-4-13-25(24)26)35-36(38-31-18-8-7-17-30(31)37-35)29-16-10-20-33-34(29)28-15-6-9-19-32(28)39-33;1-5-15-25-19(9-1)29-21(11-7-17-27(29)35-25)31-32(34-24-14-4-3-13-23(24)33-31)22-12-8-18-28-30(22)20-10-2-6-16-26(20)36-28;1-2-9-22(10-3-1)30-31(34-28-15-6-5-14-27(28)33-30)23-19-17-21(18-20-23)24-12-8-13-26-25-11-4-7-16-29(25)35-32(24)26;1-2-7-21(8-3-1)30-31(33-25-17-18-32-19-26(25)34-30)22-15-13-20(14-16-22)23-10-6-12-28-29(23)24-9-4-5-11-27(24)35-28/h1-22H;1-18H;1-20H;1-19H. The van der Waals surface area contributed by atoms with E-state index in [0.29, 0.717) is 0 Å². The molecule has 0 spiro atoms. The predicted molar refractivity (Wildman–Crippen MR) is 595 cm³/mol. The van der Waals surface area contributed by atoms with Gasteiger partial charge in [0.2, 0.25) is 0 Å². The zero-order valence-corrected chi connectivity index (χ0v) is 78.5. The molecule has 0 saturated carbocycles. The molecule has 0 atom stereocenters. The van der Waals surface area contributed by atoms with Crippen molar-refractivity contribution in [3.63, 3.8) is 0 Å².